The number of hydrogen-bond acceptors (Lipinski definition) is 9. The van der Waals surface area contributed by atoms with Gasteiger partial charge in [-0.2, -0.15) is 26.3 Å². The summed E-state index contributed by atoms with van der Waals surface area (Å²) in [5.74, 6) is 0.0123. The Morgan fingerprint density at radius 3 is 1.68 bits per heavy atom. The predicted molar refractivity (Wildman–Crippen MR) is 80.9 cm³/mol. The van der Waals surface area contributed by atoms with Crippen molar-refractivity contribution in [3.8, 4) is 41.8 Å². The van der Waals surface area contributed by atoms with Gasteiger partial charge in [0.25, 0.3) is 0 Å². The van der Waals surface area contributed by atoms with Gasteiger partial charge in [-0.3, -0.25) is 0 Å². The molecular weight excluding hydrogens is 322 g/mol. The Hall–Kier alpha value is -4.65. The van der Waals surface area contributed by atoms with Crippen LogP contribution in [0.4, 0.5) is 11.4 Å². The second-order valence-electron chi connectivity index (χ2n) is 4.83. The van der Waals surface area contributed by atoms with E-state index in [2.05, 4.69) is 10.6 Å². The van der Waals surface area contributed by atoms with Crippen molar-refractivity contribution in [1.29, 1.82) is 26.3 Å². The van der Waals surface area contributed by atoms with Crippen molar-refractivity contribution < 1.29 is 9.47 Å². The van der Waals surface area contributed by atoms with E-state index in [4.69, 9.17) is 25.3 Å². The molecule has 0 aliphatic carbocycles. The van der Waals surface area contributed by atoms with Crippen LogP contribution in [0.1, 0.15) is 18.1 Å². The quantitative estimate of drug-likeness (QED) is 0.679. The molecule has 1 aromatic rings. The van der Waals surface area contributed by atoms with E-state index in [0.717, 1.165) is 0 Å². The Morgan fingerprint density at radius 1 is 0.760 bits per heavy atom. The topological polar surface area (TPSA) is 161 Å². The molecule has 0 amide bonds. The molecule has 2 aliphatic heterocycles. The summed E-state index contributed by atoms with van der Waals surface area (Å²) in [7, 11) is 0. The van der Waals surface area contributed by atoms with Crippen LogP contribution in [0.15, 0.2) is 22.9 Å². The van der Waals surface area contributed by atoms with Crippen LogP contribution < -0.4 is 20.1 Å². The third-order valence-corrected chi connectivity index (χ3v) is 3.48. The molecule has 0 saturated heterocycles. The lowest BCUT2D eigenvalue weighted by atomic mass is 10.0. The molecule has 0 unspecified atom stereocenters. The van der Waals surface area contributed by atoms with Gasteiger partial charge in [-0.25, -0.2) is 0 Å². The summed E-state index contributed by atoms with van der Waals surface area (Å²) in [4.78, 5) is 0. The molecule has 2 N–H and O–H groups in total. The third kappa shape index (κ3) is 2.05. The molecule has 2 aliphatic rings. The van der Waals surface area contributed by atoms with Crippen molar-refractivity contribution in [1.82, 2.24) is 0 Å². The van der Waals surface area contributed by atoms with Crippen molar-refractivity contribution in [3.63, 3.8) is 0 Å². The monoisotopic (exact) mass is 327 g/mol. The van der Waals surface area contributed by atoms with Crippen LogP contribution in [0.2, 0.25) is 0 Å². The number of nitrogens with zero attached hydrogens (tertiary/aromatic N) is 5. The van der Waals surface area contributed by atoms with Crippen LogP contribution >= 0.6 is 0 Å². The SMILES string of the molecule is C/C(C#N)=C1\Nc2c(C#N)c3c(c(C#N)c2O1)NC(=C(C#N)C#N)O3. The fraction of sp³-hybridized carbons (Fsp3) is 0.0625. The van der Waals surface area contributed by atoms with Gasteiger partial charge >= 0.3 is 0 Å². The summed E-state index contributed by atoms with van der Waals surface area (Å²) in [6.07, 6.45) is 0. The molecule has 1 aromatic carbocycles. The Bertz CT molecular complexity index is 1040. The van der Waals surface area contributed by atoms with Crippen LogP contribution in [0.5, 0.6) is 11.5 Å². The van der Waals surface area contributed by atoms with E-state index >= 15 is 0 Å². The molecule has 25 heavy (non-hydrogen) atoms. The van der Waals surface area contributed by atoms with Gasteiger partial charge in [0.05, 0.1) is 11.6 Å². The van der Waals surface area contributed by atoms with Crippen molar-refractivity contribution in [2.24, 2.45) is 0 Å². The summed E-state index contributed by atoms with van der Waals surface area (Å²) in [5.41, 5.74) is 0.230. The van der Waals surface area contributed by atoms with Gasteiger partial charge in [0.1, 0.15) is 46.8 Å². The minimum atomic E-state index is -0.334. The maximum atomic E-state index is 9.49. The molecule has 0 saturated carbocycles. The first-order chi connectivity index (χ1) is 12.1. The number of allylic oxidation sites excluding steroid dienone is 2. The van der Waals surface area contributed by atoms with E-state index in [9.17, 15) is 10.5 Å². The van der Waals surface area contributed by atoms with Crippen molar-refractivity contribution in [2.75, 3.05) is 10.6 Å². The highest BCUT2D eigenvalue weighted by molar-refractivity contribution is 5.90. The van der Waals surface area contributed by atoms with Gasteiger partial charge in [-0.15, -0.1) is 0 Å². The number of benzene rings is 1. The van der Waals surface area contributed by atoms with Crippen molar-refractivity contribution >= 4 is 11.4 Å². The van der Waals surface area contributed by atoms with E-state index in [1.54, 1.807) is 12.1 Å². The Morgan fingerprint density at radius 2 is 1.24 bits per heavy atom. The first-order valence-electron chi connectivity index (χ1n) is 6.68. The standard InChI is InChI=1S/C16H5N7O2/c1-7(2-17)15-22-11-9(5-20)14-12(10(6-21)13(11)24-15)23-16(25-14)8(3-18)4-19/h22-23H,1H3/b15-7-. The predicted octanol–water partition coefficient (Wildman–Crippen LogP) is 2.05. The zero-order chi connectivity index (χ0) is 18.1. The zero-order valence-electron chi connectivity index (χ0n) is 12.6. The number of hydrogen-bond donors (Lipinski definition) is 2. The lowest BCUT2D eigenvalue weighted by Gasteiger charge is -2.06. The van der Waals surface area contributed by atoms with Gasteiger partial charge in [0.2, 0.25) is 11.8 Å². The van der Waals surface area contributed by atoms with Crippen LogP contribution in [-0.4, -0.2) is 0 Å². The lowest BCUT2D eigenvalue weighted by Crippen LogP contribution is -2.02. The van der Waals surface area contributed by atoms with Crippen LogP contribution in [0, 0.1) is 56.7 Å². The van der Waals surface area contributed by atoms with E-state index < -0.39 is 0 Å². The highest BCUT2D eigenvalue weighted by atomic mass is 16.5. The van der Waals surface area contributed by atoms with E-state index in [-0.39, 0.29) is 56.9 Å². The minimum absolute atomic E-state index is 0.00256. The molecule has 2 heterocycles. The molecule has 3 rings (SSSR count). The number of nitriles is 5. The minimum Gasteiger partial charge on any atom is -0.436 e. The highest BCUT2D eigenvalue weighted by Crippen LogP contribution is 2.52. The molecule has 0 fully saturated rings. The maximum absolute atomic E-state index is 9.49. The number of fused-ring (bicyclic) bond motifs is 2. The molecule has 0 bridgehead atoms. The average Bonchev–Trinajstić information content (AvgIpc) is 3.24. The Labute approximate surface area is 141 Å². The van der Waals surface area contributed by atoms with Crippen LogP contribution in [-0.2, 0) is 0 Å². The maximum Gasteiger partial charge on any atom is 0.226 e. The number of ether oxygens (including phenoxy) is 2. The van der Waals surface area contributed by atoms with Gasteiger partial charge in [0.15, 0.2) is 17.1 Å². The number of anilines is 2. The van der Waals surface area contributed by atoms with Gasteiger partial charge in [-0.05, 0) is 6.92 Å². The molecular formula is C16H5N7O2. The zero-order valence-corrected chi connectivity index (χ0v) is 12.6. The Balaban J connectivity index is 2.28. The molecule has 9 heteroatoms. The van der Waals surface area contributed by atoms with Crippen molar-refractivity contribution in [3.05, 3.63) is 34.0 Å². The smallest absolute Gasteiger partial charge is 0.226 e. The third-order valence-electron chi connectivity index (χ3n) is 3.48. The van der Waals surface area contributed by atoms with Crippen molar-refractivity contribution in [2.45, 2.75) is 6.92 Å². The summed E-state index contributed by atoms with van der Waals surface area (Å²) in [6.45, 7) is 1.52. The fourth-order valence-electron chi connectivity index (χ4n) is 2.30. The number of nitrogens with one attached hydrogen (secondary N) is 2. The molecule has 0 atom stereocenters. The summed E-state index contributed by atoms with van der Waals surface area (Å²) < 4.78 is 11.0. The molecule has 0 spiro atoms. The molecule has 9 nitrogen and oxygen atoms in total. The first kappa shape index (κ1) is 15.3. The Kier molecular flexibility index (Phi) is 3.37. The van der Waals surface area contributed by atoms with E-state index in [1.807, 2.05) is 18.2 Å². The van der Waals surface area contributed by atoms with E-state index in [1.165, 1.54) is 6.92 Å². The summed E-state index contributed by atoms with van der Waals surface area (Å²) >= 11 is 0. The van der Waals surface area contributed by atoms with Crippen LogP contribution in [0.25, 0.3) is 0 Å². The highest BCUT2D eigenvalue weighted by Gasteiger charge is 2.36. The number of rotatable bonds is 0. The second kappa shape index (κ2) is 5.52. The first-order valence-corrected chi connectivity index (χ1v) is 6.68. The van der Waals surface area contributed by atoms with Gasteiger partial charge < -0.3 is 20.1 Å². The normalized spacial score (nSPS) is 14.5. The summed E-state index contributed by atoms with van der Waals surface area (Å²) in [5, 5.41) is 51.3. The molecule has 0 radical (unpaired) electrons. The van der Waals surface area contributed by atoms with E-state index in [0.29, 0.717) is 0 Å². The lowest BCUT2D eigenvalue weighted by molar-refractivity contribution is 0.448. The largest absolute Gasteiger partial charge is 0.436 e. The van der Waals surface area contributed by atoms with Crippen LogP contribution in [0.3, 0.4) is 0 Å². The molecule has 116 valence electrons. The molecule has 0 aromatic heterocycles. The van der Waals surface area contributed by atoms with Gasteiger partial charge in [-0.1, -0.05) is 0 Å². The summed E-state index contributed by atoms with van der Waals surface area (Å²) in [6, 6.07) is 9.12. The average molecular weight is 327 g/mol. The fourth-order valence-corrected chi connectivity index (χ4v) is 2.30. The second-order valence-corrected chi connectivity index (χ2v) is 4.83. The van der Waals surface area contributed by atoms with Gasteiger partial charge in [0, 0.05) is 0 Å².